The molecule has 5 heteroatoms. The minimum absolute atomic E-state index is 0.123. The van der Waals surface area contributed by atoms with Crippen LogP contribution in [-0.4, -0.2) is 34.8 Å². The van der Waals surface area contributed by atoms with Gasteiger partial charge in [-0.15, -0.1) is 0 Å². The fraction of sp³-hybridized carbons (Fsp3) is 0.158. The molecular formula is C19H17N3O2. The van der Waals surface area contributed by atoms with Crippen LogP contribution < -0.4 is 5.32 Å². The Bertz CT molecular complexity index is 901. The van der Waals surface area contributed by atoms with Crippen LogP contribution in [-0.2, 0) is 4.79 Å². The van der Waals surface area contributed by atoms with Crippen molar-refractivity contribution in [2.24, 2.45) is 0 Å². The number of carbonyl (C=O) groups is 2. The van der Waals surface area contributed by atoms with Crippen LogP contribution in [0.2, 0.25) is 0 Å². The van der Waals surface area contributed by atoms with Crippen molar-refractivity contribution in [1.29, 1.82) is 0 Å². The van der Waals surface area contributed by atoms with Crippen LogP contribution in [0.3, 0.4) is 0 Å². The standard InChI is InChI=1S/C19H17N3O2/c23-18-17(13-4-2-1-3-5-13)22(11-10-21-18)19(24)15-6-7-16-14(12-15)8-9-20-16/h1-9,12,17,20H,10-11H2,(H,21,23)/t17-/m0/s1. The molecule has 2 amide bonds. The Hall–Kier alpha value is -3.08. The molecule has 1 atom stereocenters. The zero-order valence-corrected chi connectivity index (χ0v) is 13.0. The molecular weight excluding hydrogens is 302 g/mol. The van der Waals surface area contributed by atoms with Gasteiger partial charge in [0.2, 0.25) is 5.91 Å². The smallest absolute Gasteiger partial charge is 0.254 e. The molecule has 1 saturated heterocycles. The van der Waals surface area contributed by atoms with Gasteiger partial charge >= 0.3 is 0 Å². The SMILES string of the molecule is O=C1NCCN(C(=O)c2ccc3[nH]ccc3c2)[C@H]1c1ccccc1. The molecule has 0 saturated carbocycles. The minimum Gasteiger partial charge on any atom is -0.361 e. The normalized spacial score (nSPS) is 17.8. The van der Waals surface area contributed by atoms with Crippen molar-refractivity contribution in [2.45, 2.75) is 6.04 Å². The van der Waals surface area contributed by atoms with Crippen LogP contribution in [0.5, 0.6) is 0 Å². The Morgan fingerprint density at radius 3 is 2.75 bits per heavy atom. The lowest BCUT2D eigenvalue weighted by atomic mass is 10.0. The van der Waals surface area contributed by atoms with E-state index in [1.807, 2.05) is 54.7 Å². The fourth-order valence-corrected chi connectivity index (χ4v) is 3.20. The first-order valence-corrected chi connectivity index (χ1v) is 7.95. The number of amides is 2. The maximum atomic E-state index is 13.0. The summed E-state index contributed by atoms with van der Waals surface area (Å²) in [5.41, 5.74) is 2.41. The largest absolute Gasteiger partial charge is 0.361 e. The Balaban J connectivity index is 1.71. The lowest BCUT2D eigenvalue weighted by Gasteiger charge is -2.35. The first-order chi connectivity index (χ1) is 11.7. The lowest BCUT2D eigenvalue weighted by Crippen LogP contribution is -2.52. The third kappa shape index (κ3) is 2.44. The summed E-state index contributed by atoms with van der Waals surface area (Å²) in [5, 5.41) is 3.84. The second-order valence-corrected chi connectivity index (χ2v) is 5.88. The Morgan fingerprint density at radius 1 is 1.08 bits per heavy atom. The van der Waals surface area contributed by atoms with Crippen molar-refractivity contribution in [3.8, 4) is 0 Å². The molecule has 2 N–H and O–H groups in total. The molecule has 4 rings (SSSR count). The van der Waals surface area contributed by atoms with Gasteiger partial charge in [-0.25, -0.2) is 0 Å². The second-order valence-electron chi connectivity index (χ2n) is 5.88. The molecule has 1 aliphatic rings. The zero-order chi connectivity index (χ0) is 16.5. The molecule has 0 radical (unpaired) electrons. The van der Waals surface area contributed by atoms with Crippen molar-refractivity contribution in [1.82, 2.24) is 15.2 Å². The summed E-state index contributed by atoms with van der Waals surface area (Å²) in [4.78, 5) is 30.2. The van der Waals surface area contributed by atoms with E-state index in [-0.39, 0.29) is 11.8 Å². The number of H-pyrrole nitrogens is 1. The molecule has 5 nitrogen and oxygen atoms in total. The van der Waals surface area contributed by atoms with E-state index in [2.05, 4.69) is 10.3 Å². The van der Waals surface area contributed by atoms with Crippen LogP contribution in [0.15, 0.2) is 60.8 Å². The Morgan fingerprint density at radius 2 is 1.92 bits per heavy atom. The summed E-state index contributed by atoms with van der Waals surface area (Å²) in [5.74, 6) is -0.259. The molecule has 24 heavy (non-hydrogen) atoms. The van der Waals surface area contributed by atoms with E-state index in [1.165, 1.54) is 0 Å². The van der Waals surface area contributed by atoms with Gasteiger partial charge in [-0.1, -0.05) is 30.3 Å². The molecule has 2 heterocycles. The molecule has 1 aliphatic heterocycles. The van der Waals surface area contributed by atoms with Crippen LogP contribution in [0.4, 0.5) is 0 Å². The van der Waals surface area contributed by atoms with E-state index in [0.717, 1.165) is 16.5 Å². The van der Waals surface area contributed by atoms with Gasteiger partial charge in [0.25, 0.3) is 5.91 Å². The summed E-state index contributed by atoms with van der Waals surface area (Å²) in [6, 6.07) is 16.3. The van der Waals surface area contributed by atoms with E-state index in [4.69, 9.17) is 0 Å². The molecule has 1 aromatic heterocycles. The zero-order valence-electron chi connectivity index (χ0n) is 13.0. The van der Waals surface area contributed by atoms with Gasteiger partial charge in [0, 0.05) is 35.8 Å². The molecule has 120 valence electrons. The van der Waals surface area contributed by atoms with Crippen molar-refractivity contribution in [3.05, 3.63) is 71.9 Å². The third-order valence-electron chi connectivity index (χ3n) is 4.39. The fourth-order valence-electron chi connectivity index (χ4n) is 3.20. The van der Waals surface area contributed by atoms with Gasteiger partial charge in [0.05, 0.1) is 0 Å². The van der Waals surface area contributed by atoms with Gasteiger partial charge in [0.15, 0.2) is 0 Å². The van der Waals surface area contributed by atoms with E-state index in [9.17, 15) is 9.59 Å². The number of nitrogens with zero attached hydrogens (tertiary/aromatic N) is 1. The van der Waals surface area contributed by atoms with Gasteiger partial charge in [-0.2, -0.15) is 0 Å². The van der Waals surface area contributed by atoms with Gasteiger partial charge in [0.1, 0.15) is 6.04 Å². The highest BCUT2D eigenvalue weighted by Gasteiger charge is 2.34. The average molecular weight is 319 g/mol. The minimum atomic E-state index is -0.589. The Labute approximate surface area is 139 Å². The molecule has 1 fully saturated rings. The monoisotopic (exact) mass is 319 g/mol. The molecule has 0 bridgehead atoms. The molecule has 0 unspecified atom stereocenters. The van der Waals surface area contributed by atoms with E-state index in [1.54, 1.807) is 11.0 Å². The number of carbonyl (C=O) groups excluding carboxylic acids is 2. The molecule has 2 aromatic carbocycles. The van der Waals surface area contributed by atoms with Gasteiger partial charge < -0.3 is 15.2 Å². The first-order valence-electron chi connectivity index (χ1n) is 7.95. The molecule has 0 spiro atoms. The quantitative estimate of drug-likeness (QED) is 0.762. The highest BCUT2D eigenvalue weighted by molar-refractivity contribution is 6.01. The van der Waals surface area contributed by atoms with Crippen LogP contribution in [0.25, 0.3) is 10.9 Å². The maximum Gasteiger partial charge on any atom is 0.254 e. The topological polar surface area (TPSA) is 65.2 Å². The number of rotatable bonds is 2. The number of benzene rings is 2. The van der Waals surface area contributed by atoms with Crippen LogP contribution in [0.1, 0.15) is 22.0 Å². The predicted octanol–water partition coefficient (Wildman–Crippen LogP) is 2.48. The van der Waals surface area contributed by atoms with Crippen LogP contribution >= 0.6 is 0 Å². The first kappa shape index (κ1) is 14.5. The second kappa shape index (κ2) is 5.85. The highest BCUT2D eigenvalue weighted by Crippen LogP contribution is 2.26. The lowest BCUT2D eigenvalue weighted by molar-refractivity contribution is -0.128. The molecule has 0 aliphatic carbocycles. The summed E-state index contributed by atoms with van der Waals surface area (Å²) < 4.78 is 0. The van der Waals surface area contributed by atoms with Gasteiger partial charge in [-0.05, 0) is 29.8 Å². The average Bonchev–Trinajstić information content (AvgIpc) is 3.09. The van der Waals surface area contributed by atoms with Crippen molar-refractivity contribution < 1.29 is 9.59 Å². The van der Waals surface area contributed by atoms with Crippen LogP contribution in [0, 0.1) is 0 Å². The highest BCUT2D eigenvalue weighted by atomic mass is 16.2. The number of piperazine rings is 1. The number of hydrogen-bond acceptors (Lipinski definition) is 2. The summed E-state index contributed by atoms with van der Waals surface area (Å²) >= 11 is 0. The number of hydrogen-bond donors (Lipinski definition) is 2. The maximum absolute atomic E-state index is 13.0. The number of fused-ring (bicyclic) bond motifs is 1. The van der Waals surface area contributed by atoms with Gasteiger partial charge in [-0.3, -0.25) is 9.59 Å². The third-order valence-corrected chi connectivity index (χ3v) is 4.39. The summed E-state index contributed by atoms with van der Waals surface area (Å²) in [6.07, 6.45) is 1.85. The van der Waals surface area contributed by atoms with Crippen molar-refractivity contribution >= 4 is 22.7 Å². The Kier molecular flexibility index (Phi) is 3.54. The molecule has 3 aromatic rings. The predicted molar refractivity (Wildman–Crippen MR) is 91.5 cm³/mol. The van der Waals surface area contributed by atoms with E-state index < -0.39 is 6.04 Å². The van der Waals surface area contributed by atoms with E-state index >= 15 is 0 Å². The van der Waals surface area contributed by atoms with Crippen molar-refractivity contribution in [2.75, 3.05) is 13.1 Å². The number of aromatic nitrogens is 1. The number of aromatic amines is 1. The summed E-state index contributed by atoms with van der Waals surface area (Å²) in [6.45, 7) is 0.968. The van der Waals surface area contributed by atoms with Crippen molar-refractivity contribution in [3.63, 3.8) is 0 Å². The number of nitrogens with one attached hydrogen (secondary N) is 2. The van der Waals surface area contributed by atoms with E-state index in [0.29, 0.717) is 18.7 Å². The summed E-state index contributed by atoms with van der Waals surface area (Å²) in [7, 11) is 0.